The van der Waals surface area contributed by atoms with E-state index in [1.54, 1.807) is 0 Å². The molecule has 2 unspecified atom stereocenters. The number of aliphatic hydroxyl groups is 1. The number of fused-ring (bicyclic) bond motifs is 1. The van der Waals surface area contributed by atoms with Gasteiger partial charge in [-0.2, -0.15) is 0 Å². The monoisotopic (exact) mass is 448 g/mol. The van der Waals surface area contributed by atoms with Crippen LogP contribution in [0.5, 0.6) is 0 Å². The quantitative estimate of drug-likeness (QED) is 0.333. The second-order valence-corrected chi connectivity index (χ2v) is 10.1. The fourth-order valence-electron chi connectivity index (χ4n) is 5.93. The fraction of sp³-hybridized carbons (Fsp3) is 0.852. The summed E-state index contributed by atoms with van der Waals surface area (Å²) >= 11 is 0. The van der Waals surface area contributed by atoms with Gasteiger partial charge in [-0.3, -0.25) is 0 Å². The summed E-state index contributed by atoms with van der Waals surface area (Å²) in [6.07, 6.45) is 20.5. The molecule has 2 aliphatic carbocycles. The number of hydrogen-bond acceptors (Lipinski definition) is 5. The van der Waals surface area contributed by atoms with Gasteiger partial charge in [0.05, 0.1) is 18.8 Å². The van der Waals surface area contributed by atoms with Crippen LogP contribution in [0.3, 0.4) is 0 Å². The van der Waals surface area contributed by atoms with E-state index in [4.69, 9.17) is 18.9 Å². The molecule has 4 aliphatic rings. The van der Waals surface area contributed by atoms with Crippen molar-refractivity contribution in [3.05, 3.63) is 23.8 Å². The second kappa shape index (κ2) is 12.7. The largest absolute Gasteiger partial charge is 0.392 e. The van der Waals surface area contributed by atoms with Crippen LogP contribution in [0.25, 0.3) is 0 Å². The molecule has 0 amide bonds. The van der Waals surface area contributed by atoms with E-state index in [-0.39, 0.29) is 31.4 Å². The number of rotatable bonds is 11. The van der Waals surface area contributed by atoms with E-state index < -0.39 is 0 Å². The lowest BCUT2D eigenvalue weighted by Gasteiger charge is -2.30. The lowest BCUT2D eigenvalue weighted by atomic mass is 9.89. The van der Waals surface area contributed by atoms with E-state index >= 15 is 0 Å². The average molecular weight is 449 g/mol. The Hall–Kier alpha value is -0.720. The molecule has 32 heavy (non-hydrogen) atoms. The molecule has 5 heteroatoms. The van der Waals surface area contributed by atoms with Crippen LogP contribution < -0.4 is 0 Å². The first-order valence-corrected chi connectivity index (χ1v) is 13.3. The van der Waals surface area contributed by atoms with Gasteiger partial charge in [0.25, 0.3) is 0 Å². The van der Waals surface area contributed by atoms with Crippen molar-refractivity contribution in [2.24, 2.45) is 17.8 Å². The van der Waals surface area contributed by atoms with Gasteiger partial charge in [-0.1, -0.05) is 44.4 Å². The van der Waals surface area contributed by atoms with Crippen molar-refractivity contribution in [3.63, 3.8) is 0 Å². The van der Waals surface area contributed by atoms with Crippen molar-refractivity contribution in [1.82, 2.24) is 0 Å². The molecular weight excluding hydrogens is 404 g/mol. The molecule has 0 aromatic carbocycles. The van der Waals surface area contributed by atoms with Crippen LogP contribution in [0.1, 0.15) is 84.0 Å². The highest BCUT2D eigenvalue weighted by Gasteiger charge is 2.45. The van der Waals surface area contributed by atoms with E-state index in [0.29, 0.717) is 17.8 Å². The molecule has 2 heterocycles. The van der Waals surface area contributed by atoms with Crippen LogP contribution in [0.2, 0.25) is 0 Å². The van der Waals surface area contributed by atoms with Crippen molar-refractivity contribution >= 4 is 0 Å². The van der Waals surface area contributed by atoms with Crippen molar-refractivity contribution in [2.45, 2.75) is 109 Å². The summed E-state index contributed by atoms with van der Waals surface area (Å²) in [5, 5.41) is 9.68. The molecule has 182 valence electrons. The smallest absolute Gasteiger partial charge is 0.158 e. The molecule has 7 atom stereocenters. The molecular formula is C27H44O5. The minimum Gasteiger partial charge on any atom is -0.392 e. The molecule has 0 radical (unpaired) electrons. The normalized spacial score (nSPS) is 36.4. The number of allylic oxidation sites excluding steroid dienone is 1. The average Bonchev–Trinajstić information content (AvgIpc) is 3.36. The number of ether oxygens (including phenoxy) is 4. The second-order valence-electron chi connectivity index (χ2n) is 10.1. The number of unbranched alkanes of at least 4 members (excludes halogenated alkanes) is 2. The van der Waals surface area contributed by atoms with Gasteiger partial charge in [0, 0.05) is 19.1 Å². The Bertz CT molecular complexity index is 605. The lowest BCUT2D eigenvalue weighted by Crippen LogP contribution is -2.31. The highest BCUT2D eigenvalue weighted by molar-refractivity contribution is 5.21. The zero-order valence-electron chi connectivity index (χ0n) is 20.0. The first-order valence-electron chi connectivity index (χ1n) is 13.3. The molecule has 2 aliphatic heterocycles. The Labute approximate surface area is 194 Å². The lowest BCUT2D eigenvalue weighted by molar-refractivity contribution is -0.193. The van der Waals surface area contributed by atoms with Gasteiger partial charge in [-0.15, -0.1) is 0 Å². The van der Waals surface area contributed by atoms with Gasteiger partial charge in [0.1, 0.15) is 0 Å². The summed E-state index contributed by atoms with van der Waals surface area (Å²) in [7, 11) is 0. The molecule has 4 rings (SSSR count). The molecule has 1 saturated carbocycles. The van der Waals surface area contributed by atoms with E-state index in [1.165, 1.54) is 37.7 Å². The highest BCUT2D eigenvalue weighted by Crippen LogP contribution is 2.49. The third-order valence-corrected chi connectivity index (χ3v) is 7.70. The summed E-state index contributed by atoms with van der Waals surface area (Å²) < 4.78 is 24.7. The summed E-state index contributed by atoms with van der Waals surface area (Å²) in [6.45, 7) is 4.06. The predicted molar refractivity (Wildman–Crippen MR) is 125 cm³/mol. The Kier molecular flexibility index (Phi) is 9.66. The van der Waals surface area contributed by atoms with Crippen molar-refractivity contribution in [1.29, 1.82) is 0 Å². The minimum absolute atomic E-state index is 0.0583. The third kappa shape index (κ3) is 6.66. The molecule has 0 aromatic heterocycles. The van der Waals surface area contributed by atoms with Crippen LogP contribution in [0, 0.1) is 17.8 Å². The maximum Gasteiger partial charge on any atom is 0.158 e. The van der Waals surface area contributed by atoms with Crippen LogP contribution in [0.4, 0.5) is 0 Å². The molecule has 5 nitrogen and oxygen atoms in total. The highest BCUT2D eigenvalue weighted by atomic mass is 16.7. The first-order chi connectivity index (χ1) is 15.8. The standard InChI is InChI=1S/C27H44O5/c1-2-3-4-9-22(31-26-10-5-7-14-29-26)12-13-23-24-17-20(19-28)16-21(24)18-25(23)32-27-11-6-8-15-30-27/h12-13,16,21-28H,2-11,14-15,17-19H2,1H3/b13-12+/t21-,22-,23-,24-,25+,26?,27?/m0/s1. The van der Waals surface area contributed by atoms with Crippen LogP contribution in [-0.4, -0.2) is 49.7 Å². The van der Waals surface area contributed by atoms with Crippen molar-refractivity contribution in [2.75, 3.05) is 19.8 Å². The molecule has 3 fully saturated rings. The van der Waals surface area contributed by atoms with Gasteiger partial charge in [0.15, 0.2) is 12.6 Å². The van der Waals surface area contributed by atoms with Crippen LogP contribution in [0.15, 0.2) is 23.8 Å². The van der Waals surface area contributed by atoms with Gasteiger partial charge in [-0.25, -0.2) is 0 Å². The maximum absolute atomic E-state index is 9.68. The van der Waals surface area contributed by atoms with Gasteiger partial charge in [-0.05, 0) is 75.2 Å². The molecule has 2 saturated heterocycles. The maximum atomic E-state index is 9.68. The molecule has 0 spiro atoms. The van der Waals surface area contributed by atoms with Gasteiger partial charge < -0.3 is 24.1 Å². The summed E-state index contributed by atoms with van der Waals surface area (Å²) in [6, 6.07) is 0. The summed E-state index contributed by atoms with van der Waals surface area (Å²) in [5.74, 6) is 1.36. The minimum atomic E-state index is -0.0619. The Morgan fingerprint density at radius 1 is 1.09 bits per heavy atom. The van der Waals surface area contributed by atoms with Gasteiger partial charge in [0.2, 0.25) is 0 Å². The predicted octanol–water partition coefficient (Wildman–Crippen LogP) is 5.52. The van der Waals surface area contributed by atoms with E-state index in [1.807, 2.05) is 0 Å². The van der Waals surface area contributed by atoms with Gasteiger partial charge >= 0.3 is 0 Å². The van der Waals surface area contributed by atoms with E-state index in [2.05, 4.69) is 25.2 Å². The molecule has 0 bridgehead atoms. The fourth-order valence-corrected chi connectivity index (χ4v) is 5.93. The van der Waals surface area contributed by atoms with Crippen LogP contribution in [-0.2, 0) is 18.9 Å². The Morgan fingerprint density at radius 2 is 1.88 bits per heavy atom. The number of aliphatic hydroxyl groups excluding tert-OH is 1. The van der Waals surface area contributed by atoms with Crippen LogP contribution >= 0.6 is 0 Å². The molecule has 1 N–H and O–H groups in total. The summed E-state index contributed by atoms with van der Waals surface area (Å²) in [5.41, 5.74) is 1.19. The zero-order chi connectivity index (χ0) is 22.2. The first kappa shape index (κ1) is 24.4. The van der Waals surface area contributed by atoms with E-state index in [0.717, 1.165) is 58.2 Å². The Morgan fingerprint density at radius 3 is 2.56 bits per heavy atom. The third-order valence-electron chi connectivity index (χ3n) is 7.70. The summed E-state index contributed by atoms with van der Waals surface area (Å²) in [4.78, 5) is 0. The van der Waals surface area contributed by atoms with E-state index in [9.17, 15) is 5.11 Å². The molecule has 0 aromatic rings. The SMILES string of the molecule is CCCCC[C@@H](/C=C/[C@H]1[C@H]2CC(CO)=C[C@H]2C[C@H]1OC1CCCCO1)OC1CCCCO1. The zero-order valence-corrected chi connectivity index (χ0v) is 20.0. The van der Waals surface area contributed by atoms with Crippen molar-refractivity contribution < 1.29 is 24.1 Å². The number of hydrogen-bond donors (Lipinski definition) is 1. The van der Waals surface area contributed by atoms with Crippen molar-refractivity contribution in [3.8, 4) is 0 Å². The topological polar surface area (TPSA) is 57.2 Å². The Balaban J connectivity index is 1.42.